The first kappa shape index (κ1) is 17.4. The van der Waals surface area contributed by atoms with Gasteiger partial charge in [-0.05, 0) is 38.7 Å². The average Bonchev–Trinajstić information content (AvgIpc) is 2.47. The lowest BCUT2D eigenvalue weighted by molar-refractivity contribution is -0.123. The van der Waals surface area contributed by atoms with Crippen LogP contribution in [0.3, 0.4) is 0 Å². The molecule has 3 N–H and O–H groups in total. The van der Waals surface area contributed by atoms with Gasteiger partial charge >= 0.3 is 6.03 Å². The van der Waals surface area contributed by atoms with Gasteiger partial charge in [0.1, 0.15) is 6.04 Å². The monoisotopic (exact) mass is 309 g/mol. The van der Waals surface area contributed by atoms with Crippen LogP contribution in [-0.4, -0.2) is 30.3 Å². The summed E-state index contributed by atoms with van der Waals surface area (Å²) in [7, 11) is 0. The van der Waals surface area contributed by atoms with Gasteiger partial charge in [0.25, 0.3) is 0 Å². The Morgan fingerprint density at radius 1 is 1.19 bits per heavy atom. The van der Waals surface area contributed by atoms with E-state index in [1.807, 2.05) is 44.4 Å². The number of urea groups is 1. The Morgan fingerprint density at radius 2 is 1.86 bits per heavy atom. The highest BCUT2D eigenvalue weighted by Gasteiger charge is 2.17. The number of benzene rings is 1. The van der Waals surface area contributed by atoms with E-state index in [4.69, 9.17) is 0 Å². The summed E-state index contributed by atoms with van der Waals surface area (Å²) < 4.78 is 0. The molecule has 116 valence electrons. The number of thioether (sulfide) groups is 1. The van der Waals surface area contributed by atoms with Gasteiger partial charge in [-0.15, -0.1) is 11.8 Å². The van der Waals surface area contributed by atoms with E-state index in [0.29, 0.717) is 0 Å². The Hall–Kier alpha value is -1.69. The molecule has 0 aliphatic carbocycles. The molecule has 1 aromatic rings. The first-order valence-electron chi connectivity index (χ1n) is 6.98. The van der Waals surface area contributed by atoms with Crippen LogP contribution in [0, 0.1) is 0 Å². The largest absolute Gasteiger partial charge is 0.352 e. The van der Waals surface area contributed by atoms with Crippen molar-refractivity contribution in [1.29, 1.82) is 0 Å². The zero-order valence-electron chi connectivity index (χ0n) is 12.9. The standard InChI is InChI=1S/C15H23N3O2S/c1-5-10(2)16-14(19)11(3)17-15(20)18-12-8-6-7-9-13(12)21-4/h6-11H,5H2,1-4H3,(H,16,19)(H2,17,18,20)/t10-,11-/m0/s1. The van der Waals surface area contributed by atoms with E-state index in [0.717, 1.165) is 17.0 Å². The van der Waals surface area contributed by atoms with Gasteiger partial charge < -0.3 is 16.0 Å². The van der Waals surface area contributed by atoms with Crippen LogP contribution in [0.25, 0.3) is 0 Å². The maximum absolute atomic E-state index is 11.9. The maximum Gasteiger partial charge on any atom is 0.319 e. The van der Waals surface area contributed by atoms with Crippen molar-refractivity contribution in [3.05, 3.63) is 24.3 Å². The van der Waals surface area contributed by atoms with Crippen molar-refractivity contribution < 1.29 is 9.59 Å². The normalized spacial score (nSPS) is 13.1. The zero-order valence-corrected chi connectivity index (χ0v) is 13.7. The van der Waals surface area contributed by atoms with Crippen LogP contribution in [-0.2, 0) is 4.79 Å². The van der Waals surface area contributed by atoms with Crippen LogP contribution < -0.4 is 16.0 Å². The maximum atomic E-state index is 11.9. The number of nitrogens with one attached hydrogen (secondary N) is 3. The minimum Gasteiger partial charge on any atom is -0.352 e. The molecule has 0 fully saturated rings. The van der Waals surface area contributed by atoms with Crippen molar-refractivity contribution >= 4 is 29.4 Å². The van der Waals surface area contributed by atoms with Crippen LogP contribution in [0.4, 0.5) is 10.5 Å². The van der Waals surface area contributed by atoms with Gasteiger partial charge in [0, 0.05) is 10.9 Å². The topological polar surface area (TPSA) is 70.2 Å². The number of hydrogen-bond acceptors (Lipinski definition) is 3. The molecule has 0 aliphatic heterocycles. The Morgan fingerprint density at radius 3 is 2.48 bits per heavy atom. The fourth-order valence-electron chi connectivity index (χ4n) is 1.64. The third kappa shape index (κ3) is 5.67. The van der Waals surface area contributed by atoms with Gasteiger partial charge in [-0.3, -0.25) is 4.79 Å². The van der Waals surface area contributed by atoms with Crippen LogP contribution in [0.5, 0.6) is 0 Å². The van der Waals surface area contributed by atoms with Crippen LogP contribution >= 0.6 is 11.8 Å². The fraction of sp³-hybridized carbons (Fsp3) is 0.467. The Kier molecular flexibility index (Phi) is 7.08. The van der Waals surface area contributed by atoms with Gasteiger partial charge in [-0.1, -0.05) is 19.1 Å². The predicted molar refractivity (Wildman–Crippen MR) is 87.7 cm³/mol. The summed E-state index contributed by atoms with van der Waals surface area (Å²) in [6.45, 7) is 5.59. The molecule has 0 spiro atoms. The van der Waals surface area contributed by atoms with Gasteiger partial charge in [-0.2, -0.15) is 0 Å². The molecule has 2 atom stereocenters. The van der Waals surface area contributed by atoms with Gasteiger partial charge in [0.2, 0.25) is 5.91 Å². The fourth-order valence-corrected chi connectivity index (χ4v) is 2.19. The average molecular weight is 309 g/mol. The van der Waals surface area contributed by atoms with Gasteiger partial charge in [-0.25, -0.2) is 4.79 Å². The number of amides is 3. The molecule has 6 heteroatoms. The van der Waals surface area contributed by atoms with E-state index in [9.17, 15) is 9.59 Å². The lowest BCUT2D eigenvalue weighted by Crippen LogP contribution is -2.48. The summed E-state index contributed by atoms with van der Waals surface area (Å²) in [4.78, 5) is 24.8. The molecule has 0 radical (unpaired) electrons. The summed E-state index contributed by atoms with van der Waals surface area (Å²) in [5, 5.41) is 8.24. The predicted octanol–water partition coefficient (Wildman–Crippen LogP) is 2.83. The van der Waals surface area contributed by atoms with E-state index in [-0.39, 0.29) is 18.0 Å². The number of para-hydroxylation sites is 1. The number of carbonyl (C=O) groups is 2. The SMILES string of the molecule is CC[C@H](C)NC(=O)[C@H](C)NC(=O)Nc1ccccc1SC. The van der Waals surface area contributed by atoms with E-state index in [1.165, 1.54) is 0 Å². The number of anilines is 1. The summed E-state index contributed by atoms with van der Waals surface area (Å²) in [5.74, 6) is -0.183. The van der Waals surface area contributed by atoms with E-state index in [2.05, 4.69) is 16.0 Å². The quantitative estimate of drug-likeness (QED) is 0.708. The molecule has 0 saturated carbocycles. The zero-order chi connectivity index (χ0) is 15.8. The van der Waals surface area contributed by atoms with Crippen LogP contribution in [0.2, 0.25) is 0 Å². The Balaban J connectivity index is 2.55. The minimum absolute atomic E-state index is 0.0991. The third-order valence-corrected chi connectivity index (χ3v) is 3.89. The Bertz CT molecular complexity index is 494. The molecule has 0 aromatic heterocycles. The summed E-state index contributed by atoms with van der Waals surface area (Å²) in [5.41, 5.74) is 0.733. The summed E-state index contributed by atoms with van der Waals surface area (Å²) in [6.07, 6.45) is 2.80. The second-order valence-corrected chi connectivity index (χ2v) is 5.69. The van der Waals surface area contributed by atoms with Crippen molar-refractivity contribution in [3.63, 3.8) is 0 Å². The highest BCUT2D eigenvalue weighted by atomic mass is 32.2. The van der Waals surface area contributed by atoms with Crippen molar-refractivity contribution in [2.24, 2.45) is 0 Å². The second kappa shape index (κ2) is 8.56. The molecule has 0 bridgehead atoms. The number of carbonyl (C=O) groups excluding carboxylic acids is 2. The first-order valence-corrected chi connectivity index (χ1v) is 8.21. The minimum atomic E-state index is -0.583. The van der Waals surface area contributed by atoms with Gasteiger partial charge in [0.15, 0.2) is 0 Å². The lowest BCUT2D eigenvalue weighted by Gasteiger charge is -2.18. The molecule has 3 amide bonds. The highest BCUT2D eigenvalue weighted by Crippen LogP contribution is 2.24. The molecule has 0 saturated heterocycles. The molecule has 0 unspecified atom stereocenters. The lowest BCUT2D eigenvalue weighted by atomic mass is 10.2. The van der Waals surface area contributed by atoms with Gasteiger partial charge in [0.05, 0.1) is 5.69 Å². The first-order chi connectivity index (χ1) is 9.97. The van der Waals surface area contributed by atoms with Crippen molar-refractivity contribution in [1.82, 2.24) is 10.6 Å². The summed E-state index contributed by atoms with van der Waals surface area (Å²) in [6, 6.07) is 6.66. The highest BCUT2D eigenvalue weighted by molar-refractivity contribution is 7.98. The molecular weight excluding hydrogens is 286 g/mol. The second-order valence-electron chi connectivity index (χ2n) is 4.84. The molecule has 1 rings (SSSR count). The van der Waals surface area contributed by atoms with E-state index in [1.54, 1.807) is 18.7 Å². The van der Waals surface area contributed by atoms with Crippen LogP contribution in [0.15, 0.2) is 29.2 Å². The number of rotatable bonds is 6. The van der Waals surface area contributed by atoms with Crippen molar-refractivity contribution in [3.8, 4) is 0 Å². The Labute approximate surface area is 130 Å². The van der Waals surface area contributed by atoms with Crippen molar-refractivity contribution in [2.45, 2.75) is 44.2 Å². The molecule has 5 nitrogen and oxygen atoms in total. The molecular formula is C15H23N3O2S. The number of hydrogen-bond donors (Lipinski definition) is 3. The smallest absolute Gasteiger partial charge is 0.319 e. The van der Waals surface area contributed by atoms with Crippen molar-refractivity contribution in [2.75, 3.05) is 11.6 Å². The van der Waals surface area contributed by atoms with E-state index >= 15 is 0 Å². The summed E-state index contributed by atoms with van der Waals surface area (Å²) >= 11 is 1.55. The molecule has 1 aromatic carbocycles. The van der Waals surface area contributed by atoms with E-state index < -0.39 is 6.04 Å². The molecule has 21 heavy (non-hydrogen) atoms. The third-order valence-electron chi connectivity index (χ3n) is 3.10. The molecule has 0 heterocycles. The van der Waals surface area contributed by atoms with Crippen LogP contribution in [0.1, 0.15) is 27.2 Å². The molecule has 0 aliphatic rings.